The standard InChI is InChI=1S/C17H14FNO2S/c1-19(11-14-3-2-10-21-14)17(20)16-9-8-15(22-16)12-4-6-13(18)7-5-12/h2-10H,11H2,1H3. The highest BCUT2D eigenvalue weighted by molar-refractivity contribution is 7.17. The van der Waals surface area contributed by atoms with Gasteiger partial charge in [-0.25, -0.2) is 4.39 Å². The number of thiophene rings is 1. The van der Waals surface area contributed by atoms with E-state index in [1.165, 1.54) is 23.5 Å². The summed E-state index contributed by atoms with van der Waals surface area (Å²) in [5, 5.41) is 0. The molecule has 0 aliphatic carbocycles. The van der Waals surface area contributed by atoms with Crippen LogP contribution in [0.3, 0.4) is 0 Å². The zero-order chi connectivity index (χ0) is 15.5. The van der Waals surface area contributed by atoms with E-state index in [-0.39, 0.29) is 11.7 Å². The van der Waals surface area contributed by atoms with Crippen LogP contribution >= 0.6 is 11.3 Å². The van der Waals surface area contributed by atoms with Gasteiger partial charge in [-0.1, -0.05) is 12.1 Å². The fourth-order valence-corrected chi connectivity index (χ4v) is 3.12. The fraction of sp³-hybridized carbons (Fsp3) is 0.118. The molecule has 3 nitrogen and oxygen atoms in total. The maximum absolute atomic E-state index is 13.0. The summed E-state index contributed by atoms with van der Waals surface area (Å²) in [6, 6.07) is 13.6. The molecule has 0 unspecified atom stereocenters. The summed E-state index contributed by atoms with van der Waals surface area (Å²) in [7, 11) is 1.74. The average Bonchev–Trinajstić information content (AvgIpc) is 3.18. The van der Waals surface area contributed by atoms with Gasteiger partial charge < -0.3 is 9.32 Å². The summed E-state index contributed by atoms with van der Waals surface area (Å²) in [6.07, 6.45) is 1.59. The Kier molecular flexibility index (Phi) is 4.06. The van der Waals surface area contributed by atoms with Crippen LogP contribution in [-0.4, -0.2) is 17.9 Å². The number of rotatable bonds is 4. The average molecular weight is 315 g/mol. The van der Waals surface area contributed by atoms with Gasteiger partial charge in [0.15, 0.2) is 0 Å². The molecule has 22 heavy (non-hydrogen) atoms. The molecule has 5 heteroatoms. The largest absolute Gasteiger partial charge is 0.467 e. The lowest BCUT2D eigenvalue weighted by molar-refractivity contribution is 0.0780. The van der Waals surface area contributed by atoms with Crippen molar-refractivity contribution in [3.63, 3.8) is 0 Å². The number of hydrogen-bond acceptors (Lipinski definition) is 3. The number of nitrogens with zero attached hydrogens (tertiary/aromatic N) is 1. The van der Waals surface area contributed by atoms with E-state index in [2.05, 4.69) is 0 Å². The minimum Gasteiger partial charge on any atom is -0.467 e. The van der Waals surface area contributed by atoms with Gasteiger partial charge in [-0.15, -0.1) is 11.3 Å². The van der Waals surface area contributed by atoms with Gasteiger partial charge in [0, 0.05) is 11.9 Å². The van der Waals surface area contributed by atoms with Crippen molar-refractivity contribution in [2.45, 2.75) is 6.54 Å². The second-order valence-electron chi connectivity index (χ2n) is 4.91. The Labute approximate surface area is 131 Å². The Bertz CT molecular complexity index is 762. The molecule has 0 atom stereocenters. The molecule has 0 radical (unpaired) electrons. The lowest BCUT2D eigenvalue weighted by atomic mass is 10.2. The molecule has 1 amide bonds. The smallest absolute Gasteiger partial charge is 0.264 e. The third-order valence-electron chi connectivity index (χ3n) is 3.27. The zero-order valence-corrected chi connectivity index (χ0v) is 12.8. The summed E-state index contributed by atoms with van der Waals surface area (Å²) in [5.74, 6) is 0.413. The van der Waals surface area contributed by atoms with Gasteiger partial charge in [0.2, 0.25) is 0 Å². The molecule has 3 aromatic rings. The maximum Gasteiger partial charge on any atom is 0.264 e. The minimum absolute atomic E-state index is 0.0604. The third-order valence-corrected chi connectivity index (χ3v) is 4.39. The molecule has 1 aromatic carbocycles. The molecule has 0 saturated carbocycles. The van der Waals surface area contributed by atoms with E-state index in [9.17, 15) is 9.18 Å². The molecule has 0 bridgehead atoms. The molecule has 112 valence electrons. The Morgan fingerprint density at radius 1 is 1.18 bits per heavy atom. The summed E-state index contributed by atoms with van der Waals surface area (Å²) in [4.78, 5) is 15.6. The van der Waals surface area contributed by atoms with E-state index in [1.54, 1.807) is 42.5 Å². The van der Waals surface area contributed by atoms with E-state index in [4.69, 9.17) is 4.42 Å². The molecule has 0 aliphatic rings. The van der Waals surface area contributed by atoms with E-state index in [0.717, 1.165) is 16.2 Å². The quantitative estimate of drug-likeness (QED) is 0.714. The third kappa shape index (κ3) is 3.09. The van der Waals surface area contributed by atoms with Crippen LogP contribution in [0.15, 0.2) is 59.2 Å². The molecule has 0 N–H and O–H groups in total. The highest BCUT2D eigenvalue weighted by atomic mass is 32.1. The Morgan fingerprint density at radius 2 is 1.95 bits per heavy atom. The molecule has 0 saturated heterocycles. The number of amides is 1. The van der Waals surface area contributed by atoms with Crippen LogP contribution in [0.2, 0.25) is 0 Å². The van der Waals surface area contributed by atoms with Gasteiger partial charge in [0.25, 0.3) is 5.91 Å². The Balaban J connectivity index is 1.75. The van der Waals surface area contributed by atoms with Gasteiger partial charge in [0.1, 0.15) is 11.6 Å². The summed E-state index contributed by atoms with van der Waals surface area (Å²) in [5.41, 5.74) is 0.902. The molecule has 2 aromatic heterocycles. The van der Waals surface area contributed by atoms with Crippen molar-refractivity contribution in [3.8, 4) is 10.4 Å². The van der Waals surface area contributed by atoms with Crippen molar-refractivity contribution < 1.29 is 13.6 Å². The number of benzene rings is 1. The van der Waals surface area contributed by atoms with Crippen molar-refractivity contribution in [3.05, 3.63) is 71.2 Å². The first-order chi connectivity index (χ1) is 10.6. The maximum atomic E-state index is 13.0. The van der Waals surface area contributed by atoms with E-state index in [0.29, 0.717) is 11.4 Å². The first-order valence-electron chi connectivity index (χ1n) is 6.77. The molecular formula is C17H14FNO2S. The van der Waals surface area contributed by atoms with Crippen LogP contribution in [0, 0.1) is 5.82 Å². The fourth-order valence-electron chi connectivity index (χ4n) is 2.12. The molecule has 3 rings (SSSR count). The number of furan rings is 1. The molecule has 0 aliphatic heterocycles. The van der Waals surface area contributed by atoms with Gasteiger partial charge in [-0.05, 0) is 42.0 Å². The number of hydrogen-bond donors (Lipinski definition) is 0. The minimum atomic E-state index is -0.269. The second-order valence-corrected chi connectivity index (χ2v) is 6.00. The molecule has 0 fully saturated rings. The highest BCUT2D eigenvalue weighted by Crippen LogP contribution is 2.29. The van der Waals surface area contributed by atoms with E-state index in [1.807, 2.05) is 12.1 Å². The van der Waals surface area contributed by atoms with Crippen LogP contribution in [-0.2, 0) is 6.54 Å². The molecule has 0 spiro atoms. The van der Waals surface area contributed by atoms with Crippen molar-refractivity contribution in [2.75, 3.05) is 7.05 Å². The van der Waals surface area contributed by atoms with E-state index < -0.39 is 0 Å². The number of carbonyl (C=O) groups is 1. The first kappa shape index (κ1) is 14.5. The first-order valence-corrected chi connectivity index (χ1v) is 7.59. The monoisotopic (exact) mass is 315 g/mol. The SMILES string of the molecule is CN(Cc1ccco1)C(=O)c1ccc(-c2ccc(F)cc2)s1. The summed E-state index contributed by atoms with van der Waals surface area (Å²) >= 11 is 1.40. The van der Waals surface area contributed by atoms with Gasteiger partial charge in [-0.3, -0.25) is 4.79 Å². The molecule has 2 heterocycles. The highest BCUT2D eigenvalue weighted by Gasteiger charge is 2.16. The topological polar surface area (TPSA) is 33.5 Å². The Morgan fingerprint density at radius 3 is 2.64 bits per heavy atom. The Hall–Kier alpha value is -2.40. The van der Waals surface area contributed by atoms with Crippen LogP contribution in [0.5, 0.6) is 0 Å². The van der Waals surface area contributed by atoms with Crippen molar-refractivity contribution >= 4 is 17.2 Å². The predicted octanol–water partition coefficient (Wildman–Crippen LogP) is 4.42. The number of halogens is 1. The number of carbonyl (C=O) groups excluding carboxylic acids is 1. The van der Waals surface area contributed by atoms with Crippen molar-refractivity contribution in [2.24, 2.45) is 0 Å². The van der Waals surface area contributed by atoms with Gasteiger partial charge in [-0.2, -0.15) is 0 Å². The van der Waals surface area contributed by atoms with Crippen LogP contribution in [0.1, 0.15) is 15.4 Å². The van der Waals surface area contributed by atoms with E-state index >= 15 is 0 Å². The summed E-state index contributed by atoms with van der Waals surface area (Å²) < 4.78 is 18.2. The predicted molar refractivity (Wildman–Crippen MR) is 84.2 cm³/mol. The zero-order valence-electron chi connectivity index (χ0n) is 12.0. The van der Waals surface area contributed by atoms with Crippen molar-refractivity contribution in [1.29, 1.82) is 0 Å². The second kappa shape index (κ2) is 6.15. The van der Waals surface area contributed by atoms with Crippen LogP contribution in [0.4, 0.5) is 4.39 Å². The lowest BCUT2D eigenvalue weighted by Crippen LogP contribution is -2.25. The van der Waals surface area contributed by atoms with Crippen molar-refractivity contribution in [1.82, 2.24) is 4.90 Å². The van der Waals surface area contributed by atoms with Crippen LogP contribution < -0.4 is 0 Å². The van der Waals surface area contributed by atoms with Crippen LogP contribution in [0.25, 0.3) is 10.4 Å². The molecular weight excluding hydrogens is 301 g/mol. The summed E-state index contributed by atoms with van der Waals surface area (Å²) in [6.45, 7) is 0.426. The normalized spacial score (nSPS) is 10.6. The van der Waals surface area contributed by atoms with Gasteiger partial charge >= 0.3 is 0 Å². The lowest BCUT2D eigenvalue weighted by Gasteiger charge is -2.14. The van der Waals surface area contributed by atoms with Gasteiger partial charge in [0.05, 0.1) is 17.7 Å².